The predicted molar refractivity (Wildman–Crippen MR) is 68.9 cm³/mol. The number of nitrogens with zero attached hydrogens (tertiary/aromatic N) is 4. The normalized spacial score (nSPS) is 10.3. The molecule has 1 N–H and O–H groups in total. The van der Waals surface area contributed by atoms with Crippen LogP contribution in [0.4, 0.5) is 0 Å². The molecule has 0 radical (unpaired) electrons. The molecule has 2 aromatic heterocycles. The van der Waals surface area contributed by atoms with Crippen LogP contribution in [0.1, 0.15) is 16.8 Å². The van der Waals surface area contributed by atoms with Crippen LogP contribution in [0.3, 0.4) is 0 Å². The maximum Gasteiger partial charge on any atom is 0.252 e. The summed E-state index contributed by atoms with van der Waals surface area (Å²) >= 11 is 3.28. The average molecular weight is 310 g/mol. The Morgan fingerprint density at radius 3 is 3.06 bits per heavy atom. The third-order valence-corrected chi connectivity index (χ3v) is 2.72. The standard InChI is InChI=1S/C11H12BrN5O/c12-10-6-9(7-13-8-10)11(18)14-2-1-4-17-5-3-15-16-17/h3,5-8H,1-2,4H2,(H,14,18). The van der Waals surface area contributed by atoms with Crippen molar-refractivity contribution in [2.75, 3.05) is 6.54 Å². The number of amides is 1. The second-order valence-electron chi connectivity index (χ2n) is 3.67. The molecule has 1 amide bonds. The van der Waals surface area contributed by atoms with Crippen LogP contribution in [0.2, 0.25) is 0 Å². The van der Waals surface area contributed by atoms with Gasteiger partial charge in [0.2, 0.25) is 0 Å². The number of hydrogen-bond acceptors (Lipinski definition) is 4. The van der Waals surface area contributed by atoms with Crippen LogP contribution >= 0.6 is 15.9 Å². The first-order valence-corrected chi connectivity index (χ1v) is 6.28. The lowest BCUT2D eigenvalue weighted by Gasteiger charge is -2.05. The number of halogens is 1. The number of carbonyl (C=O) groups is 1. The molecule has 0 fully saturated rings. The highest BCUT2D eigenvalue weighted by molar-refractivity contribution is 9.10. The molecule has 0 unspecified atom stereocenters. The van der Waals surface area contributed by atoms with E-state index in [4.69, 9.17) is 0 Å². The highest BCUT2D eigenvalue weighted by Crippen LogP contribution is 2.09. The highest BCUT2D eigenvalue weighted by atomic mass is 79.9. The second kappa shape index (κ2) is 6.25. The fourth-order valence-electron chi connectivity index (χ4n) is 1.43. The first-order valence-electron chi connectivity index (χ1n) is 5.48. The molecule has 0 spiro atoms. The summed E-state index contributed by atoms with van der Waals surface area (Å²) in [5.74, 6) is -0.123. The number of nitrogens with one attached hydrogen (secondary N) is 1. The first-order chi connectivity index (χ1) is 8.75. The first kappa shape index (κ1) is 12.7. The molecule has 0 saturated heterocycles. The fraction of sp³-hybridized carbons (Fsp3) is 0.273. The van der Waals surface area contributed by atoms with Crippen molar-refractivity contribution in [3.63, 3.8) is 0 Å². The maximum absolute atomic E-state index is 11.8. The molecule has 0 aliphatic heterocycles. The fourth-order valence-corrected chi connectivity index (χ4v) is 1.80. The minimum absolute atomic E-state index is 0.123. The molecule has 6 nitrogen and oxygen atoms in total. The molecule has 2 rings (SSSR count). The van der Waals surface area contributed by atoms with Gasteiger partial charge in [-0.15, -0.1) is 5.10 Å². The Kier molecular flexibility index (Phi) is 4.40. The Morgan fingerprint density at radius 2 is 2.33 bits per heavy atom. The monoisotopic (exact) mass is 309 g/mol. The minimum atomic E-state index is -0.123. The van der Waals surface area contributed by atoms with Crippen molar-refractivity contribution in [3.05, 3.63) is 40.9 Å². The topological polar surface area (TPSA) is 72.7 Å². The largest absolute Gasteiger partial charge is 0.352 e. The van der Waals surface area contributed by atoms with Crippen LogP contribution in [-0.4, -0.2) is 32.4 Å². The SMILES string of the molecule is O=C(NCCCn1ccnn1)c1cncc(Br)c1. The van der Waals surface area contributed by atoms with Gasteiger partial charge in [-0.25, -0.2) is 0 Å². The van der Waals surface area contributed by atoms with Crippen molar-refractivity contribution in [1.82, 2.24) is 25.3 Å². The Balaban J connectivity index is 1.75. The van der Waals surface area contributed by atoms with Gasteiger partial charge < -0.3 is 5.32 Å². The number of rotatable bonds is 5. The summed E-state index contributed by atoms with van der Waals surface area (Å²) in [6.07, 6.45) is 7.40. The summed E-state index contributed by atoms with van der Waals surface area (Å²) in [7, 11) is 0. The molecule has 0 atom stereocenters. The van der Waals surface area contributed by atoms with Crippen LogP contribution in [0.15, 0.2) is 35.3 Å². The summed E-state index contributed by atoms with van der Waals surface area (Å²) < 4.78 is 2.52. The Labute approximate surface area is 113 Å². The lowest BCUT2D eigenvalue weighted by molar-refractivity contribution is 0.0952. The zero-order valence-corrected chi connectivity index (χ0v) is 11.2. The number of carbonyl (C=O) groups excluding carboxylic acids is 1. The van der Waals surface area contributed by atoms with E-state index >= 15 is 0 Å². The lowest BCUT2D eigenvalue weighted by Crippen LogP contribution is -2.25. The van der Waals surface area contributed by atoms with Gasteiger partial charge in [0.25, 0.3) is 5.91 Å². The van der Waals surface area contributed by atoms with Gasteiger partial charge in [-0.2, -0.15) is 0 Å². The lowest BCUT2D eigenvalue weighted by atomic mass is 10.2. The van der Waals surface area contributed by atoms with E-state index in [1.54, 1.807) is 29.3 Å². The third-order valence-electron chi connectivity index (χ3n) is 2.29. The molecule has 94 valence electrons. The smallest absolute Gasteiger partial charge is 0.252 e. The number of aryl methyl sites for hydroxylation is 1. The molecular weight excluding hydrogens is 298 g/mol. The Hall–Kier alpha value is -1.76. The molecule has 18 heavy (non-hydrogen) atoms. The quantitative estimate of drug-likeness (QED) is 0.844. The van der Waals surface area contributed by atoms with Gasteiger partial charge in [-0.3, -0.25) is 14.5 Å². The molecule has 0 saturated carbocycles. The number of aromatic nitrogens is 4. The molecule has 2 heterocycles. The van der Waals surface area contributed by atoms with Crippen LogP contribution < -0.4 is 5.32 Å². The van der Waals surface area contributed by atoms with Crippen molar-refractivity contribution in [2.24, 2.45) is 0 Å². The highest BCUT2D eigenvalue weighted by Gasteiger charge is 2.05. The maximum atomic E-state index is 11.8. The van der Waals surface area contributed by atoms with E-state index in [1.165, 1.54) is 6.20 Å². The minimum Gasteiger partial charge on any atom is -0.352 e. The van der Waals surface area contributed by atoms with E-state index in [-0.39, 0.29) is 5.91 Å². The van der Waals surface area contributed by atoms with Crippen LogP contribution in [-0.2, 0) is 6.54 Å². The van der Waals surface area contributed by atoms with Crippen LogP contribution in [0, 0.1) is 0 Å². The van der Waals surface area contributed by atoms with Gasteiger partial charge in [0.05, 0.1) is 11.8 Å². The van der Waals surface area contributed by atoms with E-state index < -0.39 is 0 Å². The van der Waals surface area contributed by atoms with Gasteiger partial charge in [0.1, 0.15) is 0 Å². The number of hydrogen-bond donors (Lipinski definition) is 1. The van der Waals surface area contributed by atoms with Crippen molar-refractivity contribution in [2.45, 2.75) is 13.0 Å². The summed E-state index contributed by atoms with van der Waals surface area (Å²) in [6, 6.07) is 1.74. The van der Waals surface area contributed by atoms with Crippen molar-refractivity contribution < 1.29 is 4.79 Å². The molecule has 0 aliphatic carbocycles. The molecule has 2 aromatic rings. The summed E-state index contributed by atoms with van der Waals surface area (Å²) in [5, 5.41) is 10.4. The second-order valence-corrected chi connectivity index (χ2v) is 4.58. The molecular formula is C11H12BrN5O. The molecule has 0 bridgehead atoms. The predicted octanol–water partition coefficient (Wildman–Crippen LogP) is 1.26. The van der Waals surface area contributed by atoms with E-state index in [0.29, 0.717) is 12.1 Å². The van der Waals surface area contributed by atoms with Crippen LogP contribution in [0.25, 0.3) is 0 Å². The van der Waals surface area contributed by atoms with E-state index in [9.17, 15) is 4.79 Å². The van der Waals surface area contributed by atoms with Crippen molar-refractivity contribution >= 4 is 21.8 Å². The number of pyridine rings is 1. The van der Waals surface area contributed by atoms with E-state index in [0.717, 1.165) is 17.4 Å². The van der Waals surface area contributed by atoms with Gasteiger partial charge in [0, 0.05) is 36.2 Å². The van der Waals surface area contributed by atoms with Crippen LogP contribution in [0.5, 0.6) is 0 Å². The average Bonchev–Trinajstić information content (AvgIpc) is 2.87. The van der Waals surface area contributed by atoms with Crippen molar-refractivity contribution in [3.8, 4) is 0 Å². The van der Waals surface area contributed by atoms with Gasteiger partial charge >= 0.3 is 0 Å². The van der Waals surface area contributed by atoms with E-state index in [1.807, 2.05) is 0 Å². The third kappa shape index (κ3) is 3.63. The molecule has 7 heteroatoms. The summed E-state index contributed by atoms with van der Waals surface area (Å²) in [4.78, 5) is 15.7. The Morgan fingerprint density at radius 1 is 1.44 bits per heavy atom. The zero-order valence-electron chi connectivity index (χ0n) is 9.58. The van der Waals surface area contributed by atoms with Gasteiger partial charge in [-0.1, -0.05) is 5.21 Å². The summed E-state index contributed by atoms with van der Waals surface area (Å²) in [5.41, 5.74) is 0.546. The van der Waals surface area contributed by atoms with Gasteiger partial charge in [0.15, 0.2) is 0 Å². The molecule has 0 aliphatic rings. The summed E-state index contributed by atoms with van der Waals surface area (Å²) in [6.45, 7) is 1.32. The Bertz CT molecular complexity index is 514. The van der Waals surface area contributed by atoms with Crippen molar-refractivity contribution in [1.29, 1.82) is 0 Å². The van der Waals surface area contributed by atoms with Gasteiger partial charge in [-0.05, 0) is 28.4 Å². The van der Waals surface area contributed by atoms with E-state index in [2.05, 4.69) is 36.5 Å². The molecule has 0 aromatic carbocycles. The zero-order chi connectivity index (χ0) is 12.8.